The van der Waals surface area contributed by atoms with Gasteiger partial charge in [-0.25, -0.2) is 0 Å². The second-order valence-electron chi connectivity index (χ2n) is 5.80. The molecule has 5 unspecified atom stereocenters. The van der Waals surface area contributed by atoms with E-state index in [2.05, 4.69) is 0 Å². The molecule has 3 aliphatic rings. The number of carbonyl (C=O) groups is 2. The van der Waals surface area contributed by atoms with Crippen LogP contribution in [0.3, 0.4) is 0 Å². The average Bonchev–Trinajstić information content (AvgIpc) is 3.10. The van der Waals surface area contributed by atoms with Gasteiger partial charge in [0.15, 0.2) is 0 Å². The van der Waals surface area contributed by atoms with Gasteiger partial charge < -0.3 is 10.0 Å². The van der Waals surface area contributed by atoms with Crippen LogP contribution in [0.25, 0.3) is 0 Å². The van der Waals surface area contributed by atoms with Crippen molar-refractivity contribution in [1.82, 2.24) is 4.90 Å². The fraction of sp³-hybridized carbons (Fsp3) is 0.714. The number of allylic oxidation sites excluding steroid dienone is 2. The number of fused-ring (bicyclic) bond motifs is 2. The Morgan fingerprint density at radius 2 is 1.95 bits per heavy atom. The van der Waals surface area contributed by atoms with Crippen molar-refractivity contribution in [3.05, 3.63) is 12.2 Å². The fourth-order valence-electron chi connectivity index (χ4n) is 3.74. The van der Waals surface area contributed by atoms with Gasteiger partial charge in [0.2, 0.25) is 5.91 Å². The summed E-state index contributed by atoms with van der Waals surface area (Å²) in [7, 11) is 1.84. The normalized spacial score (nSPS) is 39.7. The van der Waals surface area contributed by atoms with Crippen molar-refractivity contribution in [2.75, 3.05) is 18.6 Å². The summed E-state index contributed by atoms with van der Waals surface area (Å²) in [5.41, 5.74) is 0. The van der Waals surface area contributed by atoms with E-state index in [9.17, 15) is 14.7 Å². The van der Waals surface area contributed by atoms with E-state index in [-0.39, 0.29) is 29.7 Å². The summed E-state index contributed by atoms with van der Waals surface area (Å²) in [6.07, 6.45) is 5.89. The Morgan fingerprint density at radius 3 is 2.53 bits per heavy atom. The lowest BCUT2D eigenvalue weighted by Crippen LogP contribution is -2.45. The maximum absolute atomic E-state index is 12.7. The van der Waals surface area contributed by atoms with Crippen molar-refractivity contribution in [2.24, 2.45) is 23.7 Å². The quantitative estimate of drug-likeness (QED) is 0.796. The number of aliphatic carboxylic acids is 1. The molecule has 1 N–H and O–H groups in total. The zero-order chi connectivity index (χ0) is 13.6. The van der Waals surface area contributed by atoms with Gasteiger partial charge in [0.1, 0.15) is 0 Å². The van der Waals surface area contributed by atoms with Gasteiger partial charge in [-0.05, 0) is 30.4 Å². The van der Waals surface area contributed by atoms with E-state index in [1.807, 2.05) is 35.9 Å². The molecule has 0 radical (unpaired) electrons. The van der Waals surface area contributed by atoms with Gasteiger partial charge in [-0.1, -0.05) is 12.2 Å². The van der Waals surface area contributed by atoms with Crippen LogP contribution in [0.5, 0.6) is 0 Å². The number of thioether (sulfide) groups is 1. The zero-order valence-corrected chi connectivity index (χ0v) is 11.8. The number of nitrogens with zero attached hydrogens (tertiary/aromatic N) is 1. The predicted molar refractivity (Wildman–Crippen MR) is 73.9 cm³/mol. The Hall–Kier alpha value is -0.970. The molecule has 104 valence electrons. The third-order valence-electron chi connectivity index (χ3n) is 4.83. The molecule has 2 aliphatic carbocycles. The smallest absolute Gasteiger partial charge is 0.307 e. The summed E-state index contributed by atoms with van der Waals surface area (Å²) in [4.78, 5) is 25.9. The minimum Gasteiger partial charge on any atom is -0.481 e. The van der Waals surface area contributed by atoms with Gasteiger partial charge >= 0.3 is 5.97 Å². The van der Waals surface area contributed by atoms with Gasteiger partial charge in [-0.15, -0.1) is 0 Å². The number of carboxylic acid groups (broad SMARTS) is 1. The van der Waals surface area contributed by atoms with Crippen LogP contribution in [-0.4, -0.2) is 46.5 Å². The van der Waals surface area contributed by atoms with Crippen molar-refractivity contribution >= 4 is 23.6 Å². The van der Waals surface area contributed by atoms with Crippen LogP contribution in [-0.2, 0) is 9.59 Å². The van der Waals surface area contributed by atoms with Gasteiger partial charge in [-0.2, -0.15) is 11.8 Å². The molecular weight excluding hydrogens is 262 g/mol. The lowest BCUT2D eigenvalue weighted by molar-refractivity contribution is -0.151. The topological polar surface area (TPSA) is 57.6 Å². The Kier molecular flexibility index (Phi) is 3.33. The first-order chi connectivity index (χ1) is 9.09. The minimum absolute atomic E-state index is 0.0387. The Bertz CT molecular complexity index is 430. The van der Waals surface area contributed by atoms with E-state index in [0.717, 1.165) is 24.3 Å². The third kappa shape index (κ3) is 2.08. The molecule has 0 spiro atoms. The van der Waals surface area contributed by atoms with Crippen molar-refractivity contribution in [1.29, 1.82) is 0 Å². The van der Waals surface area contributed by atoms with E-state index in [4.69, 9.17) is 0 Å². The lowest BCUT2D eigenvalue weighted by Gasteiger charge is -2.31. The van der Waals surface area contributed by atoms with E-state index >= 15 is 0 Å². The van der Waals surface area contributed by atoms with E-state index in [1.165, 1.54) is 0 Å². The van der Waals surface area contributed by atoms with Gasteiger partial charge in [0.05, 0.1) is 11.8 Å². The van der Waals surface area contributed by atoms with Crippen molar-refractivity contribution in [3.8, 4) is 0 Å². The largest absolute Gasteiger partial charge is 0.481 e. The standard InChI is InChI=1S/C14H19NO3S/c1-15(10-4-5-19-7-10)13(16)11-8-2-3-9(6-8)12(11)14(17)18/h2-3,8-12H,4-7H2,1H3,(H,17,18). The molecule has 1 amide bonds. The van der Waals surface area contributed by atoms with Crippen LogP contribution in [0.2, 0.25) is 0 Å². The highest BCUT2D eigenvalue weighted by Gasteiger charge is 2.52. The van der Waals surface area contributed by atoms with E-state index < -0.39 is 11.9 Å². The first-order valence-corrected chi connectivity index (χ1v) is 8.00. The number of hydrogen-bond donors (Lipinski definition) is 1. The number of rotatable bonds is 3. The molecule has 0 aromatic carbocycles. The molecule has 2 fully saturated rings. The average molecular weight is 281 g/mol. The second-order valence-corrected chi connectivity index (χ2v) is 6.95. The molecule has 1 heterocycles. The molecule has 2 bridgehead atoms. The van der Waals surface area contributed by atoms with Crippen LogP contribution >= 0.6 is 11.8 Å². The highest BCUT2D eigenvalue weighted by atomic mass is 32.2. The first kappa shape index (κ1) is 13.0. The second kappa shape index (κ2) is 4.85. The maximum Gasteiger partial charge on any atom is 0.307 e. The van der Waals surface area contributed by atoms with Crippen LogP contribution in [0.4, 0.5) is 0 Å². The third-order valence-corrected chi connectivity index (χ3v) is 5.98. The molecule has 4 nitrogen and oxygen atoms in total. The lowest BCUT2D eigenvalue weighted by atomic mass is 9.82. The minimum atomic E-state index is -0.815. The summed E-state index contributed by atoms with van der Waals surface area (Å²) in [6.45, 7) is 0. The number of amides is 1. The number of hydrogen-bond acceptors (Lipinski definition) is 3. The molecule has 0 aromatic heterocycles. The number of carbonyl (C=O) groups excluding carboxylic acids is 1. The Labute approximate surface area is 117 Å². The summed E-state index contributed by atoms with van der Waals surface area (Å²) in [5, 5.41) is 9.39. The summed E-state index contributed by atoms with van der Waals surface area (Å²) in [5.74, 6) is 0.638. The Morgan fingerprint density at radius 1 is 1.26 bits per heavy atom. The van der Waals surface area contributed by atoms with E-state index in [0.29, 0.717) is 0 Å². The molecular formula is C14H19NO3S. The highest BCUT2D eigenvalue weighted by molar-refractivity contribution is 7.99. The zero-order valence-electron chi connectivity index (χ0n) is 11.0. The molecule has 1 saturated heterocycles. The molecule has 5 atom stereocenters. The molecule has 0 aromatic rings. The number of carboxylic acids is 1. The van der Waals surface area contributed by atoms with Crippen LogP contribution in [0.15, 0.2) is 12.2 Å². The first-order valence-electron chi connectivity index (χ1n) is 6.85. The monoisotopic (exact) mass is 281 g/mol. The fourth-order valence-corrected chi connectivity index (χ4v) is 5.01. The molecule has 1 saturated carbocycles. The summed E-state index contributed by atoms with van der Waals surface area (Å²) >= 11 is 1.87. The SMILES string of the molecule is CN(C(=O)C1C2C=CC(C2)C1C(=O)O)C1CCSC1. The van der Waals surface area contributed by atoms with Gasteiger partial charge in [0.25, 0.3) is 0 Å². The van der Waals surface area contributed by atoms with Crippen molar-refractivity contribution in [3.63, 3.8) is 0 Å². The van der Waals surface area contributed by atoms with Crippen LogP contribution in [0.1, 0.15) is 12.8 Å². The molecule has 1 aliphatic heterocycles. The van der Waals surface area contributed by atoms with Crippen LogP contribution in [0, 0.1) is 23.7 Å². The van der Waals surface area contributed by atoms with Gasteiger partial charge in [-0.3, -0.25) is 9.59 Å². The summed E-state index contributed by atoms with van der Waals surface area (Å²) in [6, 6.07) is 0.287. The molecule has 19 heavy (non-hydrogen) atoms. The Balaban J connectivity index is 1.78. The van der Waals surface area contributed by atoms with E-state index in [1.54, 1.807) is 0 Å². The predicted octanol–water partition coefficient (Wildman–Crippen LogP) is 1.47. The maximum atomic E-state index is 12.7. The molecule has 5 heteroatoms. The van der Waals surface area contributed by atoms with Crippen molar-refractivity contribution < 1.29 is 14.7 Å². The van der Waals surface area contributed by atoms with Gasteiger partial charge in [0, 0.05) is 18.8 Å². The summed E-state index contributed by atoms with van der Waals surface area (Å²) < 4.78 is 0. The van der Waals surface area contributed by atoms with Crippen molar-refractivity contribution in [2.45, 2.75) is 18.9 Å². The molecule has 3 rings (SSSR count). The van der Waals surface area contributed by atoms with Crippen LogP contribution < -0.4 is 0 Å². The highest BCUT2D eigenvalue weighted by Crippen LogP contribution is 2.49.